The maximum Gasteiger partial charge on any atom is 0.108 e. The first-order chi connectivity index (χ1) is 7.29. The van der Waals surface area contributed by atoms with Crippen LogP contribution in [0.2, 0.25) is 0 Å². The summed E-state index contributed by atoms with van der Waals surface area (Å²) in [7, 11) is 0. The lowest BCUT2D eigenvalue weighted by atomic mass is 10.0. The Morgan fingerprint density at radius 2 is 1.53 bits per heavy atom. The summed E-state index contributed by atoms with van der Waals surface area (Å²) in [6.45, 7) is 6.13. The first-order valence-corrected chi connectivity index (χ1v) is 5.60. The zero-order chi connectivity index (χ0) is 11.3. The van der Waals surface area contributed by atoms with Gasteiger partial charge in [0.15, 0.2) is 0 Å². The number of hydrogen-bond donors (Lipinski definition) is 1. The van der Waals surface area contributed by atoms with Crippen LogP contribution in [0.15, 0.2) is 42.5 Å². The third-order valence-corrected chi connectivity index (χ3v) is 2.35. The van der Waals surface area contributed by atoms with Gasteiger partial charge in [0.25, 0.3) is 0 Å². The second-order valence-electron chi connectivity index (χ2n) is 3.47. The van der Waals surface area contributed by atoms with Crippen LogP contribution in [0.3, 0.4) is 0 Å². The number of quaternary nitrogens is 1. The van der Waals surface area contributed by atoms with Gasteiger partial charge >= 0.3 is 0 Å². The Bertz CT molecular complexity index is 413. The van der Waals surface area contributed by atoms with E-state index in [9.17, 15) is 0 Å². The molecule has 0 spiro atoms. The van der Waals surface area contributed by atoms with Crippen LogP contribution in [0.4, 0.5) is 0 Å². The van der Waals surface area contributed by atoms with Gasteiger partial charge in [-0.05, 0) is 17.7 Å². The van der Waals surface area contributed by atoms with Crippen LogP contribution in [0.1, 0.15) is 32.4 Å². The molecule has 0 fully saturated rings. The van der Waals surface area contributed by atoms with Gasteiger partial charge in [-0.15, -0.1) is 0 Å². The molecule has 2 rings (SSSR count). The number of fused-ring (bicyclic) bond motifs is 1. The van der Waals surface area contributed by atoms with E-state index in [1.54, 1.807) is 0 Å². The minimum absolute atomic E-state index is 0.353. The Morgan fingerprint density at radius 3 is 2.20 bits per heavy atom. The van der Waals surface area contributed by atoms with Crippen molar-refractivity contribution >= 4 is 10.8 Å². The van der Waals surface area contributed by atoms with Gasteiger partial charge in [0.1, 0.15) is 6.04 Å². The highest BCUT2D eigenvalue weighted by Gasteiger charge is 2.05. The highest BCUT2D eigenvalue weighted by molar-refractivity contribution is 5.85. The van der Waals surface area contributed by atoms with Gasteiger partial charge in [0, 0.05) is 5.56 Å². The lowest BCUT2D eigenvalue weighted by molar-refractivity contribution is -0.420. The Balaban J connectivity index is 0.000000531. The highest BCUT2D eigenvalue weighted by Crippen LogP contribution is 2.21. The topological polar surface area (TPSA) is 27.6 Å². The van der Waals surface area contributed by atoms with Crippen LogP contribution in [0.25, 0.3) is 10.8 Å². The molecule has 2 aromatic carbocycles. The van der Waals surface area contributed by atoms with Crippen molar-refractivity contribution in [2.45, 2.75) is 26.8 Å². The van der Waals surface area contributed by atoms with Crippen molar-refractivity contribution < 1.29 is 5.73 Å². The third-order valence-electron chi connectivity index (χ3n) is 2.35. The van der Waals surface area contributed by atoms with E-state index in [2.05, 4.69) is 55.1 Å². The van der Waals surface area contributed by atoms with Crippen molar-refractivity contribution in [3.05, 3.63) is 48.0 Å². The predicted molar refractivity (Wildman–Crippen MR) is 66.6 cm³/mol. The van der Waals surface area contributed by atoms with E-state index in [1.807, 2.05) is 13.8 Å². The molecular weight excluding hydrogens is 182 g/mol. The number of benzene rings is 2. The van der Waals surface area contributed by atoms with Crippen molar-refractivity contribution in [1.82, 2.24) is 0 Å². The molecule has 1 unspecified atom stereocenters. The van der Waals surface area contributed by atoms with Gasteiger partial charge in [-0.3, -0.25) is 0 Å². The Hall–Kier alpha value is -1.34. The Morgan fingerprint density at radius 1 is 0.933 bits per heavy atom. The van der Waals surface area contributed by atoms with Crippen LogP contribution in [-0.4, -0.2) is 0 Å². The predicted octanol–water partition coefficient (Wildman–Crippen LogP) is 3.17. The van der Waals surface area contributed by atoms with Gasteiger partial charge in [-0.2, -0.15) is 0 Å². The molecular formula is C14H20N+. The second-order valence-corrected chi connectivity index (χ2v) is 3.47. The van der Waals surface area contributed by atoms with Gasteiger partial charge in [-0.25, -0.2) is 0 Å². The van der Waals surface area contributed by atoms with E-state index in [4.69, 9.17) is 0 Å². The maximum atomic E-state index is 4.06. The van der Waals surface area contributed by atoms with E-state index in [1.165, 1.54) is 16.3 Å². The normalized spacial score (nSPS) is 11.7. The van der Waals surface area contributed by atoms with Gasteiger partial charge in [-0.1, -0.05) is 56.3 Å². The van der Waals surface area contributed by atoms with Crippen LogP contribution < -0.4 is 5.73 Å². The molecule has 0 aliphatic carbocycles. The van der Waals surface area contributed by atoms with Crippen molar-refractivity contribution in [2.24, 2.45) is 0 Å². The smallest absolute Gasteiger partial charge is 0.108 e. The minimum atomic E-state index is 0.353. The standard InChI is InChI=1S/C12H13N.C2H6/c1-9(13)11-8-4-6-10-5-2-3-7-12(10)11;1-2/h2-9H,13H2,1H3;1-2H3/p+1. The zero-order valence-corrected chi connectivity index (χ0v) is 9.83. The average Bonchev–Trinajstić information content (AvgIpc) is 2.31. The summed E-state index contributed by atoms with van der Waals surface area (Å²) in [5.74, 6) is 0. The molecule has 80 valence electrons. The molecule has 0 bridgehead atoms. The molecule has 0 aromatic heterocycles. The molecule has 0 radical (unpaired) electrons. The van der Waals surface area contributed by atoms with E-state index in [0.29, 0.717) is 6.04 Å². The minimum Gasteiger partial charge on any atom is -0.352 e. The van der Waals surface area contributed by atoms with Crippen molar-refractivity contribution in [2.75, 3.05) is 0 Å². The first kappa shape index (κ1) is 11.7. The lowest BCUT2D eigenvalue weighted by Gasteiger charge is -2.06. The molecule has 0 saturated carbocycles. The largest absolute Gasteiger partial charge is 0.352 e. The molecule has 0 saturated heterocycles. The SMILES string of the molecule is CC.CC([NH3+])c1cccc2ccccc12. The molecule has 1 atom stereocenters. The molecule has 0 amide bonds. The summed E-state index contributed by atoms with van der Waals surface area (Å²) in [5.41, 5.74) is 5.39. The van der Waals surface area contributed by atoms with Crippen LogP contribution in [-0.2, 0) is 0 Å². The fourth-order valence-corrected chi connectivity index (χ4v) is 1.68. The maximum absolute atomic E-state index is 4.06. The van der Waals surface area contributed by atoms with Crippen molar-refractivity contribution in [3.63, 3.8) is 0 Å². The van der Waals surface area contributed by atoms with Crippen LogP contribution >= 0.6 is 0 Å². The Labute approximate surface area is 91.9 Å². The summed E-state index contributed by atoms with van der Waals surface area (Å²) >= 11 is 0. The van der Waals surface area contributed by atoms with Gasteiger partial charge in [0.2, 0.25) is 0 Å². The molecule has 0 aliphatic rings. The molecule has 3 N–H and O–H groups in total. The molecule has 1 nitrogen and oxygen atoms in total. The summed E-state index contributed by atoms with van der Waals surface area (Å²) < 4.78 is 0. The van der Waals surface area contributed by atoms with E-state index < -0.39 is 0 Å². The average molecular weight is 202 g/mol. The van der Waals surface area contributed by atoms with E-state index >= 15 is 0 Å². The molecule has 0 aliphatic heterocycles. The van der Waals surface area contributed by atoms with Crippen LogP contribution in [0.5, 0.6) is 0 Å². The fourth-order valence-electron chi connectivity index (χ4n) is 1.68. The number of hydrogen-bond acceptors (Lipinski definition) is 0. The molecule has 1 heteroatoms. The van der Waals surface area contributed by atoms with Gasteiger partial charge in [0.05, 0.1) is 0 Å². The summed E-state index contributed by atoms with van der Waals surface area (Å²) in [5, 5.41) is 2.63. The second kappa shape index (κ2) is 5.52. The Kier molecular flexibility index (Phi) is 4.32. The quantitative estimate of drug-likeness (QED) is 0.735. The monoisotopic (exact) mass is 202 g/mol. The van der Waals surface area contributed by atoms with Crippen LogP contribution in [0, 0.1) is 0 Å². The lowest BCUT2D eigenvalue weighted by Crippen LogP contribution is -2.51. The van der Waals surface area contributed by atoms with E-state index in [0.717, 1.165) is 0 Å². The fraction of sp³-hybridized carbons (Fsp3) is 0.286. The van der Waals surface area contributed by atoms with Gasteiger partial charge < -0.3 is 5.73 Å². The van der Waals surface area contributed by atoms with Crippen molar-refractivity contribution in [3.8, 4) is 0 Å². The highest BCUT2D eigenvalue weighted by atomic mass is 14.6. The van der Waals surface area contributed by atoms with Crippen molar-refractivity contribution in [1.29, 1.82) is 0 Å². The first-order valence-electron chi connectivity index (χ1n) is 5.60. The molecule has 2 aromatic rings. The summed E-state index contributed by atoms with van der Waals surface area (Å²) in [6, 6.07) is 15.2. The third kappa shape index (κ3) is 2.57. The zero-order valence-electron chi connectivity index (χ0n) is 9.83. The number of rotatable bonds is 1. The molecule has 15 heavy (non-hydrogen) atoms. The summed E-state index contributed by atoms with van der Waals surface area (Å²) in [6.07, 6.45) is 0. The van der Waals surface area contributed by atoms with E-state index in [-0.39, 0.29) is 0 Å². The summed E-state index contributed by atoms with van der Waals surface area (Å²) in [4.78, 5) is 0. The molecule has 0 heterocycles.